The Balaban J connectivity index is 0.000000176. The Hall–Kier alpha value is -0.410. The van der Waals surface area contributed by atoms with E-state index < -0.39 is 0 Å². The van der Waals surface area contributed by atoms with E-state index in [1.165, 1.54) is 89.9 Å². The van der Waals surface area contributed by atoms with Gasteiger partial charge in [-0.05, 0) is 112 Å². The zero-order valence-electron chi connectivity index (χ0n) is 25.0. The van der Waals surface area contributed by atoms with E-state index in [4.69, 9.17) is 9.47 Å². The Morgan fingerprint density at radius 1 is 0.649 bits per heavy atom. The monoisotopic (exact) mass is 516 g/mol. The van der Waals surface area contributed by atoms with Crippen LogP contribution in [0.2, 0.25) is 0 Å². The molecule has 0 N–H and O–H groups in total. The first-order valence-corrected chi connectivity index (χ1v) is 16.7. The van der Waals surface area contributed by atoms with Crippen molar-refractivity contribution in [2.45, 2.75) is 149 Å². The first-order chi connectivity index (χ1) is 17.9. The van der Waals surface area contributed by atoms with E-state index in [1.54, 1.807) is 0 Å². The summed E-state index contributed by atoms with van der Waals surface area (Å²) in [5.74, 6) is 7.94. The molecular formula is C34H60O3. The summed E-state index contributed by atoms with van der Waals surface area (Å²) in [4.78, 5) is 11.3. The van der Waals surface area contributed by atoms with Gasteiger partial charge in [-0.15, -0.1) is 0 Å². The second-order valence-electron chi connectivity index (χ2n) is 14.0. The Kier molecular flexibility index (Phi) is 11.4. The number of Topliss-reactive ketones (excluding diaryl/α,β-unsaturated/α-hetero) is 1. The fourth-order valence-electron chi connectivity index (χ4n) is 9.23. The van der Waals surface area contributed by atoms with Crippen LogP contribution < -0.4 is 0 Å². The molecule has 4 aliphatic carbocycles. The van der Waals surface area contributed by atoms with Gasteiger partial charge in [0.15, 0.2) is 5.79 Å². The molecule has 1 saturated heterocycles. The first kappa shape index (κ1) is 29.6. The van der Waals surface area contributed by atoms with Gasteiger partial charge in [0.25, 0.3) is 0 Å². The SMILES string of the molecule is CCCC1CCC(C2CCC(=O)CC2)CC1C.CCCC1CCC(C2CCC3(CC2)OCCO3)CC1C. The second-order valence-corrected chi connectivity index (χ2v) is 14.0. The summed E-state index contributed by atoms with van der Waals surface area (Å²) in [5, 5.41) is 0. The molecule has 0 radical (unpaired) electrons. The van der Waals surface area contributed by atoms with Crippen LogP contribution in [0.4, 0.5) is 0 Å². The summed E-state index contributed by atoms with van der Waals surface area (Å²) in [6.07, 6.45) is 23.4. The van der Waals surface area contributed by atoms with Crippen LogP contribution in [0.1, 0.15) is 143 Å². The summed E-state index contributed by atoms with van der Waals surface area (Å²) >= 11 is 0. The van der Waals surface area contributed by atoms with Gasteiger partial charge >= 0.3 is 0 Å². The number of rotatable bonds is 6. The largest absolute Gasteiger partial charge is 0.348 e. The second kappa shape index (κ2) is 14.3. The molecule has 1 spiro atoms. The molecule has 4 saturated carbocycles. The normalized spacial score (nSPS) is 37.4. The summed E-state index contributed by atoms with van der Waals surface area (Å²) in [7, 11) is 0. The third-order valence-electron chi connectivity index (χ3n) is 11.6. The smallest absolute Gasteiger partial charge is 0.168 e. The molecule has 1 aliphatic heterocycles. The van der Waals surface area contributed by atoms with E-state index in [9.17, 15) is 4.79 Å². The van der Waals surface area contributed by atoms with Gasteiger partial charge in [-0.25, -0.2) is 0 Å². The lowest BCUT2D eigenvalue weighted by atomic mass is 9.66. The van der Waals surface area contributed by atoms with Crippen molar-refractivity contribution in [3.05, 3.63) is 0 Å². The van der Waals surface area contributed by atoms with Crippen molar-refractivity contribution in [1.29, 1.82) is 0 Å². The van der Waals surface area contributed by atoms with Crippen LogP contribution in [-0.2, 0) is 14.3 Å². The molecule has 6 atom stereocenters. The quantitative estimate of drug-likeness (QED) is 0.353. The zero-order chi connectivity index (χ0) is 26.3. The summed E-state index contributed by atoms with van der Waals surface area (Å²) in [5.41, 5.74) is 0. The Morgan fingerprint density at radius 2 is 1.11 bits per heavy atom. The zero-order valence-corrected chi connectivity index (χ0v) is 25.0. The minimum Gasteiger partial charge on any atom is -0.348 e. The highest BCUT2D eigenvalue weighted by atomic mass is 16.7. The number of hydrogen-bond donors (Lipinski definition) is 0. The summed E-state index contributed by atoms with van der Waals surface area (Å²) in [6, 6.07) is 0. The first-order valence-electron chi connectivity index (χ1n) is 16.7. The lowest BCUT2D eigenvalue weighted by Gasteiger charge is -2.42. The maximum absolute atomic E-state index is 11.3. The lowest BCUT2D eigenvalue weighted by Crippen LogP contribution is -2.38. The van der Waals surface area contributed by atoms with Gasteiger partial charge in [0, 0.05) is 25.7 Å². The number of hydrogen-bond acceptors (Lipinski definition) is 3. The minimum atomic E-state index is -0.165. The molecular weight excluding hydrogens is 456 g/mol. The topological polar surface area (TPSA) is 35.5 Å². The van der Waals surface area contributed by atoms with Crippen molar-refractivity contribution >= 4 is 5.78 Å². The molecule has 5 rings (SSSR count). The Labute approximate surface area is 229 Å². The van der Waals surface area contributed by atoms with Crippen molar-refractivity contribution in [2.75, 3.05) is 13.2 Å². The minimum absolute atomic E-state index is 0.165. The van der Waals surface area contributed by atoms with E-state index in [1.807, 2.05) is 0 Å². The van der Waals surface area contributed by atoms with Crippen LogP contribution in [0.25, 0.3) is 0 Å². The standard InChI is InChI=1S/C18H32O2.C16H28O/c1-3-4-15-5-6-17(13-14(15)2)16-7-9-18(10-8-16)19-11-12-20-18;1-3-4-13-5-6-15(11-12(13)2)14-7-9-16(17)10-8-14/h14-17H,3-13H2,1-2H3;12-15H,3-11H2,1-2H3. The van der Waals surface area contributed by atoms with Crippen LogP contribution in [0.5, 0.6) is 0 Å². The van der Waals surface area contributed by atoms with Gasteiger partial charge < -0.3 is 9.47 Å². The van der Waals surface area contributed by atoms with Gasteiger partial charge in [-0.1, -0.05) is 53.4 Å². The maximum Gasteiger partial charge on any atom is 0.168 e. The lowest BCUT2D eigenvalue weighted by molar-refractivity contribution is -0.185. The third kappa shape index (κ3) is 8.06. The predicted molar refractivity (Wildman–Crippen MR) is 153 cm³/mol. The summed E-state index contributed by atoms with van der Waals surface area (Å²) < 4.78 is 11.7. The van der Waals surface area contributed by atoms with E-state index in [-0.39, 0.29) is 5.79 Å². The summed E-state index contributed by atoms with van der Waals surface area (Å²) in [6.45, 7) is 11.2. The number of carbonyl (C=O) groups is 1. The van der Waals surface area contributed by atoms with Crippen LogP contribution >= 0.6 is 0 Å². The maximum atomic E-state index is 11.3. The molecule has 5 aliphatic rings. The molecule has 3 heteroatoms. The van der Waals surface area contributed by atoms with Crippen LogP contribution in [-0.4, -0.2) is 24.8 Å². The molecule has 5 fully saturated rings. The molecule has 0 amide bonds. The van der Waals surface area contributed by atoms with Gasteiger partial charge in [-0.2, -0.15) is 0 Å². The highest BCUT2D eigenvalue weighted by Gasteiger charge is 2.43. The fraction of sp³-hybridized carbons (Fsp3) is 0.971. The van der Waals surface area contributed by atoms with Crippen molar-refractivity contribution in [2.24, 2.45) is 47.3 Å². The molecule has 1 heterocycles. The van der Waals surface area contributed by atoms with E-state index in [0.29, 0.717) is 5.78 Å². The van der Waals surface area contributed by atoms with Gasteiger partial charge in [0.1, 0.15) is 5.78 Å². The number of ether oxygens (including phenoxy) is 2. The van der Waals surface area contributed by atoms with E-state index in [2.05, 4.69) is 27.7 Å². The molecule has 0 aromatic carbocycles. The van der Waals surface area contributed by atoms with Gasteiger partial charge in [0.2, 0.25) is 0 Å². The van der Waals surface area contributed by atoms with Crippen molar-refractivity contribution in [3.8, 4) is 0 Å². The van der Waals surface area contributed by atoms with Gasteiger partial charge in [-0.3, -0.25) is 4.79 Å². The molecule has 214 valence electrons. The van der Waals surface area contributed by atoms with Crippen LogP contribution in [0.15, 0.2) is 0 Å². The van der Waals surface area contributed by atoms with E-state index in [0.717, 1.165) is 86.2 Å². The molecule has 0 aromatic rings. The molecule has 3 nitrogen and oxygen atoms in total. The van der Waals surface area contributed by atoms with Crippen molar-refractivity contribution < 1.29 is 14.3 Å². The molecule has 6 unspecified atom stereocenters. The third-order valence-corrected chi connectivity index (χ3v) is 11.6. The average Bonchev–Trinajstić information content (AvgIpc) is 3.36. The molecule has 0 bridgehead atoms. The Morgan fingerprint density at radius 3 is 1.54 bits per heavy atom. The molecule has 0 aromatic heterocycles. The highest BCUT2D eigenvalue weighted by Crippen LogP contribution is 2.47. The number of carbonyl (C=O) groups excluding carboxylic acids is 1. The van der Waals surface area contributed by atoms with Crippen LogP contribution in [0.3, 0.4) is 0 Å². The van der Waals surface area contributed by atoms with Crippen molar-refractivity contribution in [1.82, 2.24) is 0 Å². The van der Waals surface area contributed by atoms with E-state index >= 15 is 0 Å². The van der Waals surface area contributed by atoms with Crippen LogP contribution in [0, 0.1) is 47.3 Å². The van der Waals surface area contributed by atoms with Gasteiger partial charge in [0.05, 0.1) is 13.2 Å². The average molecular weight is 517 g/mol. The highest BCUT2D eigenvalue weighted by molar-refractivity contribution is 5.79. The predicted octanol–water partition coefficient (Wildman–Crippen LogP) is 9.37. The van der Waals surface area contributed by atoms with Crippen molar-refractivity contribution in [3.63, 3.8) is 0 Å². The number of ketones is 1. The molecule has 37 heavy (non-hydrogen) atoms. The fourth-order valence-corrected chi connectivity index (χ4v) is 9.23. The Bertz CT molecular complexity index is 663.